The standard InChI is InChI=1S/C19H26ClFN6O3/c1-30-8-13(11(18(24)28)6-14(20)22)27-7-12(17(21)26-27)25-19(29)16(23)15(9-2-3-9)10-4-5-10/h6-7,9-10,13,15-16,22H,2-5,8,23H2,1H3,(H2,24,28)(H,25,29)/b11-6-,22-14?. The molecule has 1 aromatic rings. The molecule has 2 aliphatic carbocycles. The molecule has 6 N–H and O–H groups in total. The van der Waals surface area contributed by atoms with Crippen molar-refractivity contribution in [2.45, 2.75) is 37.8 Å². The number of nitrogens with zero attached hydrogens (tertiary/aromatic N) is 2. The van der Waals surface area contributed by atoms with Crippen molar-refractivity contribution in [2.75, 3.05) is 19.0 Å². The highest BCUT2D eigenvalue weighted by atomic mass is 35.5. The third-order valence-electron chi connectivity index (χ3n) is 5.56. The molecule has 2 aliphatic rings. The Balaban J connectivity index is 1.79. The molecule has 2 fully saturated rings. The molecule has 1 aromatic heterocycles. The average Bonchev–Trinajstić information content (AvgIpc) is 3.59. The lowest BCUT2D eigenvalue weighted by Gasteiger charge is -2.22. The molecule has 0 saturated heterocycles. The van der Waals surface area contributed by atoms with E-state index in [0.717, 1.165) is 36.4 Å². The maximum absolute atomic E-state index is 14.5. The molecule has 0 radical (unpaired) electrons. The summed E-state index contributed by atoms with van der Waals surface area (Å²) in [5, 5.41) is 13.2. The van der Waals surface area contributed by atoms with E-state index in [-0.39, 0.29) is 23.8 Å². The van der Waals surface area contributed by atoms with Crippen LogP contribution in [0.25, 0.3) is 0 Å². The van der Waals surface area contributed by atoms with E-state index in [4.69, 9.17) is 33.2 Å². The Morgan fingerprint density at radius 1 is 1.43 bits per heavy atom. The van der Waals surface area contributed by atoms with E-state index in [1.807, 2.05) is 0 Å². The van der Waals surface area contributed by atoms with Crippen LogP contribution in [-0.4, -0.2) is 46.5 Å². The summed E-state index contributed by atoms with van der Waals surface area (Å²) in [7, 11) is 1.38. The number of carbonyl (C=O) groups excluding carboxylic acids is 2. The number of halogens is 2. The minimum absolute atomic E-state index is 0.0849. The number of carbonyl (C=O) groups is 2. The fourth-order valence-electron chi connectivity index (χ4n) is 3.87. The van der Waals surface area contributed by atoms with Gasteiger partial charge in [0.25, 0.3) is 5.95 Å². The molecular formula is C19H26ClFN6O3. The number of rotatable bonds is 11. The number of nitrogens with one attached hydrogen (secondary N) is 2. The number of hydrogen-bond acceptors (Lipinski definition) is 6. The first-order chi connectivity index (χ1) is 14.2. The van der Waals surface area contributed by atoms with Crippen molar-refractivity contribution < 1.29 is 18.7 Å². The third-order valence-corrected chi connectivity index (χ3v) is 5.67. The summed E-state index contributed by atoms with van der Waals surface area (Å²) in [5.74, 6) is -1.22. The van der Waals surface area contributed by atoms with E-state index in [1.165, 1.54) is 13.3 Å². The highest BCUT2D eigenvalue weighted by Crippen LogP contribution is 2.50. The van der Waals surface area contributed by atoms with Gasteiger partial charge in [0.15, 0.2) is 0 Å². The molecular weight excluding hydrogens is 415 g/mol. The number of primary amides is 1. The molecule has 0 bridgehead atoms. The van der Waals surface area contributed by atoms with Crippen LogP contribution in [-0.2, 0) is 14.3 Å². The summed E-state index contributed by atoms with van der Waals surface area (Å²) in [5.41, 5.74) is 11.3. The number of methoxy groups -OCH3 is 1. The van der Waals surface area contributed by atoms with E-state index in [9.17, 15) is 14.0 Å². The fourth-order valence-corrected chi connectivity index (χ4v) is 3.99. The van der Waals surface area contributed by atoms with Crippen LogP contribution in [0.2, 0.25) is 0 Å². The Morgan fingerprint density at radius 3 is 2.50 bits per heavy atom. The van der Waals surface area contributed by atoms with Gasteiger partial charge in [-0.25, -0.2) is 0 Å². The fraction of sp³-hybridized carbons (Fsp3) is 0.579. The van der Waals surface area contributed by atoms with Gasteiger partial charge in [-0.2, -0.15) is 4.39 Å². The predicted molar refractivity (Wildman–Crippen MR) is 109 cm³/mol. The zero-order valence-electron chi connectivity index (χ0n) is 16.6. The molecule has 11 heteroatoms. The largest absolute Gasteiger partial charge is 0.382 e. The first kappa shape index (κ1) is 22.4. The van der Waals surface area contributed by atoms with Crippen LogP contribution >= 0.6 is 11.6 Å². The molecule has 2 atom stereocenters. The van der Waals surface area contributed by atoms with Crippen molar-refractivity contribution in [3.63, 3.8) is 0 Å². The molecule has 0 spiro atoms. The molecule has 0 aromatic carbocycles. The Kier molecular flexibility index (Phi) is 6.89. The number of hydrogen-bond donors (Lipinski definition) is 4. The van der Waals surface area contributed by atoms with Gasteiger partial charge in [-0.05, 0) is 49.5 Å². The molecule has 164 valence electrons. The van der Waals surface area contributed by atoms with Crippen molar-refractivity contribution in [3.05, 3.63) is 23.8 Å². The van der Waals surface area contributed by atoms with E-state index in [2.05, 4.69) is 10.4 Å². The predicted octanol–water partition coefficient (Wildman–Crippen LogP) is 1.54. The lowest BCUT2D eigenvalue weighted by Crippen LogP contribution is -2.43. The van der Waals surface area contributed by atoms with Crippen molar-refractivity contribution in [2.24, 2.45) is 29.2 Å². The summed E-state index contributed by atoms with van der Waals surface area (Å²) in [6, 6.07) is -1.66. The monoisotopic (exact) mass is 440 g/mol. The maximum Gasteiger partial charge on any atom is 0.256 e. The first-order valence-electron chi connectivity index (χ1n) is 9.78. The van der Waals surface area contributed by atoms with Gasteiger partial charge < -0.3 is 21.5 Å². The Labute approximate surface area is 178 Å². The van der Waals surface area contributed by atoms with E-state index in [0.29, 0.717) is 11.8 Å². The van der Waals surface area contributed by atoms with E-state index >= 15 is 0 Å². The van der Waals surface area contributed by atoms with Crippen LogP contribution in [0.3, 0.4) is 0 Å². The number of allylic oxidation sites excluding steroid dienone is 1. The van der Waals surface area contributed by atoms with Gasteiger partial charge >= 0.3 is 0 Å². The minimum Gasteiger partial charge on any atom is -0.382 e. The van der Waals surface area contributed by atoms with Crippen molar-refractivity contribution in [1.82, 2.24) is 9.78 Å². The molecule has 2 amide bonds. The van der Waals surface area contributed by atoms with Gasteiger partial charge in [-0.15, -0.1) is 5.10 Å². The molecule has 0 aliphatic heterocycles. The van der Waals surface area contributed by atoms with Crippen LogP contribution < -0.4 is 16.8 Å². The molecule has 2 unspecified atom stereocenters. The van der Waals surface area contributed by atoms with Crippen LogP contribution in [0.5, 0.6) is 0 Å². The van der Waals surface area contributed by atoms with Gasteiger partial charge in [0.05, 0.1) is 18.8 Å². The zero-order valence-corrected chi connectivity index (χ0v) is 17.4. The SMILES string of the molecule is COCC(/C(=C/C(=N)Cl)C(N)=O)n1cc(NC(=O)C(N)C(C2CC2)C2CC2)c(F)n1. The Bertz CT molecular complexity index is 852. The number of anilines is 1. The van der Waals surface area contributed by atoms with Crippen molar-refractivity contribution in [1.29, 1.82) is 5.41 Å². The molecule has 9 nitrogen and oxygen atoms in total. The van der Waals surface area contributed by atoms with Gasteiger partial charge in [0.2, 0.25) is 11.8 Å². The lowest BCUT2D eigenvalue weighted by atomic mass is 9.89. The highest BCUT2D eigenvalue weighted by Gasteiger charge is 2.46. The Morgan fingerprint density at radius 2 is 2.03 bits per heavy atom. The summed E-state index contributed by atoms with van der Waals surface area (Å²) in [6.45, 7) is -0.0849. The lowest BCUT2D eigenvalue weighted by molar-refractivity contribution is -0.119. The van der Waals surface area contributed by atoms with Crippen LogP contribution in [0, 0.1) is 29.1 Å². The summed E-state index contributed by atoms with van der Waals surface area (Å²) in [6.07, 6.45) is 6.59. The molecule has 30 heavy (non-hydrogen) atoms. The second kappa shape index (κ2) is 9.23. The quantitative estimate of drug-likeness (QED) is 0.304. The zero-order chi connectivity index (χ0) is 22.0. The van der Waals surface area contributed by atoms with Gasteiger partial charge in [-0.3, -0.25) is 19.7 Å². The van der Waals surface area contributed by atoms with Crippen molar-refractivity contribution in [3.8, 4) is 0 Å². The topological polar surface area (TPSA) is 149 Å². The minimum atomic E-state index is -0.939. The van der Waals surface area contributed by atoms with Crippen molar-refractivity contribution >= 4 is 34.3 Å². The third kappa shape index (κ3) is 5.24. The molecule has 2 saturated carbocycles. The number of amides is 2. The number of aromatic nitrogens is 2. The summed E-state index contributed by atoms with van der Waals surface area (Å²) < 4.78 is 20.7. The van der Waals surface area contributed by atoms with Crippen LogP contribution in [0.15, 0.2) is 17.8 Å². The highest BCUT2D eigenvalue weighted by molar-refractivity contribution is 6.67. The van der Waals surface area contributed by atoms with Gasteiger partial charge in [0.1, 0.15) is 16.9 Å². The second-order valence-electron chi connectivity index (χ2n) is 7.86. The van der Waals surface area contributed by atoms with Gasteiger partial charge in [-0.1, -0.05) is 11.6 Å². The number of ether oxygens (including phenoxy) is 1. The van der Waals surface area contributed by atoms with E-state index in [1.54, 1.807) is 0 Å². The number of nitrogens with two attached hydrogens (primary N) is 2. The van der Waals surface area contributed by atoms with E-state index < -0.39 is 35.0 Å². The Hall–Kier alpha value is -2.30. The molecule has 3 rings (SSSR count). The summed E-state index contributed by atoms with van der Waals surface area (Å²) in [4.78, 5) is 24.5. The normalized spacial score (nSPS) is 18.9. The van der Waals surface area contributed by atoms with Gasteiger partial charge in [0, 0.05) is 12.7 Å². The maximum atomic E-state index is 14.5. The van der Waals surface area contributed by atoms with Crippen LogP contribution in [0.1, 0.15) is 31.7 Å². The second-order valence-corrected chi connectivity index (χ2v) is 8.27. The smallest absolute Gasteiger partial charge is 0.256 e. The van der Waals surface area contributed by atoms with Crippen LogP contribution in [0.4, 0.5) is 10.1 Å². The molecule has 1 heterocycles. The summed E-state index contributed by atoms with van der Waals surface area (Å²) >= 11 is 5.56. The first-order valence-corrected chi connectivity index (χ1v) is 10.2. The average molecular weight is 441 g/mol.